The van der Waals surface area contributed by atoms with Gasteiger partial charge in [0.15, 0.2) is 0 Å². The molecule has 0 saturated carbocycles. The van der Waals surface area contributed by atoms with Gasteiger partial charge in [-0.05, 0) is 40.2 Å². The SMILES string of the molecule is COc1ccc(NCc2ccn[nH]2)c(Br)c1. The molecule has 4 nitrogen and oxygen atoms in total. The molecule has 1 aromatic carbocycles. The van der Waals surface area contributed by atoms with Crippen molar-refractivity contribution in [1.82, 2.24) is 10.2 Å². The normalized spacial score (nSPS) is 10.1. The lowest BCUT2D eigenvalue weighted by Gasteiger charge is -2.08. The molecule has 0 bridgehead atoms. The van der Waals surface area contributed by atoms with Crippen molar-refractivity contribution < 1.29 is 4.74 Å². The molecular weight excluding hydrogens is 270 g/mol. The summed E-state index contributed by atoms with van der Waals surface area (Å²) in [6.07, 6.45) is 1.74. The second-order valence-electron chi connectivity index (χ2n) is 3.28. The summed E-state index contributed by atoms with van der Waals surface area (Å²) in [5.74, 6) is 0.832. The van der Waals surface area contributed by atoms with E-state index in [1.165, 1.54) is 0 Å². The van der Waals surface area contributed by atoms with Gasteiger partial charge >= 0.3 is 0 Å². The van der Waals surface area contributed by atoms with E-state index in [1.807, 2.05) is 24.3 Å². The molecule has 0 spiro atoms. The molecule has 2 aromatic rings. The number of nitrogens with one attached hydrogen (secondary N) is 2. The molecule has 0 atom stereocenters. The van der Waals surface area contributed by atoms with Crippen molar-refractivity contribution >= 4 is 21.6 Å². The highest BCUT2D eigenvalue weighted by Crippen LogP contribution is 2.27. The summed E-state index contributed by atoms with van der Waals surface area (Å²) in [5.41, 5.74) is 2.07. The van der Waals surface area contributed by atoms with Crippen LogP contribution in [-0.4, -0.2) is 17.3 Å². The Hall–Kier alpha value is -1.49. The lowest BCUT2D eigenvalue weighted by atomic mass is 10.3. The number of aromatic nitrogens is 2. The van der Waals surface area contributed by atoms with Crippen molar-refractivity contribution in [3.05, 3.63) is 40.6 Å². The molecule has 2 rings (SSSR count). The quantitative estimate of drug-likeness (QED) is 0.906. The van der Waals surface area contributed by atoms with E-state index in [-0.39, 0.29) is 0 Å². The lowest BCUT2D eigenvalue weighted by Crippen LogP contribution is -2.00. The van der Waals surface area contributed by atoms with Crippen molar-refractivity contribution in [3.8, 4) is 5.75 Å². The van der Waals surface area contributed by atoms with Crippen LogP contribution >= 0.6 is 15.9 Å². The maximum Gasteiger partial charge on any atom is 0.120 e. The highest BCUT2D eigenvalue weighted by Gasteiger charge is 2.01. The molecule has 0 radical (unpaired) electrons. The van der Waals surface area contributed by atoms with Crippen molar-refractivity contribution in [1.29, 1.82) is 0 Å². The largest absolute Gasteiger partial charge is 0.497 e. The van der Waals surface area contributed by atoms with Gasteiger partial charge in [0.25, 0.3) is 0 Å². The summed E-state index contributed by atoms with van der Waals surface area (Å²) in [6.45, 7) is 0.713. The number of rotatable bonds is 4. The lowest BCUT2D eigenvalue weighted by molar-refractivity contribution is 0.414. The van der Waals surface area contributed by atoms with Crippen LogP contribution in [0, 0.1) is 0 Å². The minimum Gasteiger partial charge on any atom is -0.497 e. The fourth-order valence-corrected chi connectivity index (χ4v) is 1.84. The van der Waals surface area contributed by atoms with Crippen LogP contribution in [0.5, 0.6) is 5.75 Å². The summed E-state index contributed by atoms with van der Waals surface area (Å²) in [6, 6.07) is 7.75. The number of hydrogen-bond donors (Lipinski definition) is 2. The molecule has 0 aliphatic carbocycles. The number of aromatic amines is 1. The summed E-state index contributed by atoms with van der Waals surface area (Å²) in [5, 5.41) is 10.1. The Morgan fingerprint density at radius 3 is 2.94 bits per heavy atom. The van der Waals surface area contributed by atoms with Gasteiger partial charge in [0.1, 0.15) is 5.75 Å². The molecule has 16 heavy (non-hydrogen) atoms. The molecule has 0 aliphatic rings. The number of ether oxygens (including phenoxy) is 1. The first-order valence-corrected chi connectivity index (χ1v) is 5.64. The molecule has 84 valence electrons. The Balaban J connectivity index is 2.04. The Bertz CT molecular complexity index is 456. The maximum atomic E-state index is 5.13. The highest BCUT2D eigenvalue weighted by molar-refractivity contribution is 9.10. The first kappa shape index (κ1) is 11.0. The van der Waals surface area contributed by atoms with E-state index in [0.717, 1.165) is 21.6 Å². The molecule has 0 fully saturated rings. The van der Waals surface area contributed by atoms with Gasteiger partial charge in [0.2, 0.25) is 0 Å². The van der Waals surface area contributed by atoms with Crippen LogP contribution in [0.15, 0.2) is 34.9 Å². The second-order valence-corrected chi connectivity index (χ2v) is 4.14. The smallest absolute Gasteiger partial charge is 0.120 e. The highest BCUT2D eigenvalue weighted by atomic mass is 79.9. The summed E-state index contributed by atoms with van der Waals surface area (Å²) >= 11 is 3.48. The summed E-state index contributed by atoms with van der Waals surface area (Å²) in [7, 11) is 1.65. The molecule has 2 N–H and O–H groups in total. The van der Waals surface area contributed by atoms with E-state index < -0.39 is 0 Å². The van der Waals surface area contributed by atoms with Crippen molar-refractivity contribution in [2.24, 2.45) is 0 Å². The zero-order valence-electron chi connectivity index (χ0n) is 8.83. The van der Waals surface area contributed by atoms with E-state index in [2.05, 4.69) is 31.4 Å². The minimum absolute atomic E-state index is 0.713. The summed E-state index contributed by atoms with van der Waals surface area (Å²) < 4.78 is 6.10. The third-order valence-electron chi connectivity index (χ3n) is 2.20. The van der Waals surface area contributed by atoms with Gasteiger partial charge in [0, 0.05) is 16.4 Å². The van der Waals surface area contributed by atoms with Crippen LogP contribution < -0.4 is 10.1 Å². The minimum atomic E-state index is 0.713. The maximum absolute atomic E-state index is 5.13. The Morgan fingerprint density at radius 1 is 1.44 bits per heavy atom. The second kappa shape index (κ2) is 5.03. The standard InChI is InChI=1S/C11H12BrN3O/c1-16-9-2-3-11(10(12)6-9)13-7-8-4-5-14-15-8/h2-6,13H,7H2,1H3,(H,14,15). The number of nitrogens with zero attached hydrogens (tertiary/aromatic N) is 1. The number of hydrogen-bond acceptors (Lipinski definition) is 3. The molecule has 1 aromatic heterocycles. The van der Waals surface area contributed by atoms with E-state index in [4.69, 9.17) is 4.74 Å². The van der Waals surface area contributed by atoms with Crippen LogP contribution in [0.1, 0.15) is 5.69 Å². The van der Waals surface area contributed by atoms with Gasteiger partial charge in [-0.2, -0.15) is 5.10 Å². The van der Waals surface area contributed by atoms with Crippen LogP contribution in [0.4, 0.5) is 5.69 Å². The van der Waals surface area contributed by atoms with Crippen LogP contribution in [0.2, 0.25) is 0 Å². The van der Waals surface area contributed by atoms with E-state index >= 15 is 0 Å². The van der Waals surface area contributed by atoms with E-state index in [9.17, 15) is 0 Å². The van der Waals surface area contributed by atoms with Crippen molar-refractivity contribution in [3.63, 3.8) is 0 Å². The average Bonchev–Trinajstić information content (AvgIpc) is 2.80. The van der Waals surface area contributed by atoms with E-state index in [0.29, 0.717) is 6.54 Å². The zero-order valence-corrected chi connectivity index (χ0v) is 10.4. The molecule has 0 unspecified atom stereocenters. The summed E-state index contributed by atoms with van der Waals surface area (Å²) in [4.78, 5) is 0. The first-order valence-electron chi connectivity index (χ1n) is 4.85. The van der Waals surface area contributed by atoms with Gasteiger partial charge in [-0.15, -0.1) is 0 Å². The monoisotopic (exact) mass is 281 g/mol. The average molecular weight is 282 g/mol. The number of anilines is 1. The molecule has 0 saturated heterocycles. The predicted molar refractivity (Wildman–Crippen MR) is 66.6 cm³/mol. The third kappa shape index (κ3) is 2.55. The van der Waals surface area contributed by atoms with Gasteiger partial charge in [-0.1, -0.05) is 0 Å². The van der Waals surface area contributed by atoms with Crippen LogP contribution in [0.3, 0.4) is 0 Å². The Morgan fingerprint density at radius 2 is 2.31 bits per heavy atom. The number of halogens is 1. The number of benzene rings is 1. The predicted octanol–water partition coefficient (Wildman–Crippen LogP) is 2.79. The zero-order chi connectivity index (χ0) is 11.4. The van der Waals surface area contributed by atoms with Crippen molar-refractivity contribution in [2.45, 2.75) is 6.54 Å². The Labute approximate surface area is 102 Å². The van der Waals surface area contributed by atoms with Gasteiger partial charge in [-0.25, -0.2) is 0 Å². The van der Waals surface area contributed by atoms with Gasteiger partial charge in [0.05, 0.1) is 19.3 Å². The molecule has 5 heteroatoms. The van der Waals surface area contributed by atoms with Gasteiger partial charge in [-0.3, -0.25) is 5.10 Å². The third-order valence-corrected chi connectivity index (χ3v) is 2.86. The Kier molecular flexibility index (Phi) is 3.46. The molecule has 0 aliphatic heterocycles. The van der Waals surface area contributed by atoms with Gasteiger partial charge < -0.3 is 10.1 Å². The van der Waals surface area contributed by atoms with Crippen molar-refractivity contribution in [2.75, 3.05) is 12.4 Å². The van der Waals surface area contributed by atoms with Crippen LogP contribution in [-0.2, 0) is 6.54 Å². The van der Waals surface area contributed by atoms with E-state index in [1.54, 1.807) is 13.3 Å². The number of H-pyrrole nitrogens is 1. The van der Waals surface area contributed by atoms with Crippen LogP contribution in [0.25, 0.3) is 0 Å². The number of methoxy groups -OCH3 is 1. The molecular formula is C11H12BrN3O. The fraction of sp³-hybridized carbons (Fsp3) is 0.182. The fourth-order valence-electron chi connectivity index (χ4n) is 1.34. The topological polar surface area (TPSA) is 49.9 Å². The molecule has 1 heterocycles. The first-order chi connectivity index (χ1) is 7.79. The molecule has 0 amide bonds.